The van der Waals surface area contributed by atoms with Crippen molar-refractivity contribution >= 4 is 79.4 Å². The lowest BCUT2D eigenvalue weighted by atomic mass is 9.96. The monoisotopic (exact) mass is 941 g/mol. The number of carboxylic acid groups (broad SMARTS) is 1. The number of benzene rings is 5. The minimum atomic E-state index is -4.18. The Labute approximate surface area is 387 Å². The Kier molecular flexibility index (Phi) is 14.5. The molecule has 0 radical (unpaired) electrons. The molecule has 0 unspecified atom stereocenters. The fourth-order valence-electron chi connectivity index (χ4n) is 7.87. The van der Waals surface area contributed by atoms with Crippen LogP contribution in [0.2, 0.25) is 10.0 Å². The van der Waals surface area contributed by atoms with Gasteiger partial charge in [-0.3, -0.25) is 14.8 Å². The standard InChI is InChI=1S/C47H49Cl2N7O6S2/c1-31-44(47(57)58)45(46(53(31)4)32-10-12-34(48)13-11-32)33-26-35(49)28-39(27-33)55-24-22-54(23-25-55)38-16-14-36(15-17-38)51-64(61,62)41-18-19-42(43(29-41)56(59)60)50-37(20-21-52(2)3)30-63-40-8-6-5-7-9-40/h5-19,26-29,37,50-51H,20-25,30H2,1-4H3,(H,57,58)/t37-/m1/s1. The Hall–Kier alpha value is -5.71. The third-order valence-electron chi connectivity index (χ3n) is 11.3. The fraction of sp³-hybridized carbons (Fsp3) is 0.255. The van der Waals surface area contributed by atoms with E-state index in [0.29, 0.717) is 64.5 Å². The second kappa shape index (κ2) is 20.0. The molecule has 0 amide bonds. The first-order valence-electron chi connectivity index (χ1n) is 20.6. The van der Waals surface area contributed by atoms with Gasteiger partial charge in [0.25, 0.3) is 15.7 Å². The van der Waals surface area contributed by atoms with Crippen LogP contribution in [-0.2, 0) is 17.1 Å². The van der Waals surface area contributed by atoms with Gasteiger partial charge in [-0.1, -0.05) is 53.5 Å². The van der Waals surface area contributed by atoms with Crippen molar-refractivity contribution in [1.29, 1.82) is 0 Å². The highest BCUT2D eigenvalue weighted by molar-refractivity contribution is 7.99. The normalized spacial score (nSPS) is 13.5. The van der Waals surface area contributed by atoms with Crippen molar-refractivity contribution in [2.75, 3.05) is 72.4 Å². The number of nitro benzene ring substituents is 1. The van der Waals surface area contributed by atoms with Gasteiger partial charge >= 0.3 is 5.97 Å². The predicted molar refractivity (Wildman–Crippen MR) is 261 cm³/mol. The van der Waals surface area contributed by atoms with Gasteiger partial charge in [0.15, 0.2) is 0 Å². The van der Waals surface area contributed by atoms with E-state index in [1.54, 1.807) is 49.0 Å². The minimum Gasteiger partial charge on any atom is -0.478 e. The van der Waals surface area contributed by atoms with Crippen molar-refractivity contribution in [3.05, 3.63) is 147 Å². The molecule has 0 aliphatic carbocycles. The Balaban J connectivity index is 1.02. The number of nitrogens with one attached hydrogen (secondary N) is 2. The quantitative estimate of drug-likeness (QED) is 0.0455. The van der Waals surface area contributed by atoms with Gasteiger partial charge in [-0.15, -0.1) is 11.8 Å². The van der Waals surface area contributed by atoms with Crippen molar-refractivity contribution < 1.29 is 23.2 Å². The molecule has 13 nitrogen and oxygen atoms in total. The summed E-state index contributed by atoms with van der Waals surface area (Å²) in [6, 6.07) is 33.7. The van der Waals surface area contributed by atoms with Crippen LogP contribution in [0.15, 0.2) is 125 Å². The number of piperazine rings is 1. The van der Waals surface area contributed by atoms with Gasteiger partial charge < -0.3 is 29.7 Å². The summed E-state index contributed by atoms with van der Waals surface area (Å²) in [4.78, 5) is 31.7. The van der Waals surface area contributed by atoms with Crippen LogP contribution in [0.3, 0.4) is 0 Å². The zero-order valence-electron chi connectivity index (χ0n) is 35.8. The van der Waals surface area contributed by atoms with Gasteiger partial charge in [-0.25, -0.2) is 13.2 Å². The third kappa shape index (κ3) is 10.8. The number of nitrogens with zero attached hydrogens (tertiary/aromatic N) is 5. The van der Waals surface area contributed by atoms with Crippen LogP contribution in [-0.4, -0.2) is 92.5 Å². The minimum absolute atomic E-state index is 0.120. The number of nitro groups is 1. The summed E-state index contributed by atoms with van der Waals surface area (Å²) in [6.07, 6.45) is 0.721. The number of anilines is 4. The first kappa shape index (κ1) is 46.3. The maximum atomic E-state index is 13.6. The molecule has 7 rings (SSSR count). The van der Waals surface area contributed by atoms with Crippen molar-refractivity contribution in [2.45, 2.75) is 29.2 Å². The molecule has 3 N–H and O–H groups in total. The molecule has 5 aromatic carbocycles. The topological polar surface area (TPSA) is 153 Å². The second-order valence-corrected chi connectivity index (χ2v) is 19.5. The van der Waals surface area contributed by atoms with E-state index in [1.165, 1.54) is 12.1 Å². The van der Waals surface area contributed by atoms with E-state index in [9.17, 15) is 28.4 Å². The number of aromatic nitrogens is 1. The molecular formula is C47H49Cl2N7O6S2. The fourth-order valence-corrected chi connectivity index (χ4v) is 10.3. The van der Waals surface area contributed by atoms with Gasteiger partial charge in [-0.05, 0) is 124 Å². The Morgan fingerprint density at radius 2 is 1.52 bits per heavy atom. The zero-order valence-corrected chi connectivity index (χ0v) is 38.9. The average molecular weight is 943 g/mol. The highest BCUT2D eigenvalue weighted by atomic mass is 35.5. The number of carboxylic acids is 1. The molecule has 64 heavy (non-hydrogen) atoms. The molecule has 1 aliphatic heterocycles. The molecule has 0 bridgehead atoms. The number of aromatic carboxylic acids is 1. The van der Waals surface area contributed by atoms with Crippen LogP contribution in [0.4, 0.5) is 28.4 Å². The second-order valence-electron chi connectivity index (χ2n) is 15.9. The first-order valence-corrected chi connectivity index (χ1v) is 23.8. The molecule has 1 atom stereocenters. The summed E-state index contributed by atoms with van der Waals surface area (Å²) in [5.74, 6) is -0.374. The van der Waals surface area contributed by atoms with Gasteiger partial charge in [-0.2, -0.15) is 0 Å². The number of halogens is 2. The zero-order chi connectivity index (χ0) is 45.7. The first-order chi connectivity index (χ1) is 30.6. The number of sulfonamides is 1. The average Bonchev–Trinajstić information content (AvgIpc) is 3.54. The molecule has 334 valence electrons. The van der Waals surface area contributed by atoms with Gasteiger partial charge in [0, 0.05) is 94.3 Å². The van der Waals surface area contributed by atoms with Crippen LogP contribution in [0.25, 0.3) is 22.4 Å². The molecular weight excluding hydrogens is 894 g/mol. The van der Waals surface area contributed by atoms with Gasteiger partial charge in [0.05, 0.1) is 21.1 Å². The number of thioether (sulfide) groups is 1. The van der Waals surface area contributed by atoms with E-state index in [0.717, 1.165) is 46.6 Å². The van der Waals surface area contributed by atoms with E-state index in [4.69, 9.17) is 23.2 Å². The van der Waals surface area contributed by atoms with Crippen LogP contribution in [0.1, 0.15) is 22.5 Å². The number of rotatable bonds is 17. The van der Waals surface area contributed by atoms with E-state index < -0.39 is 20.9 Å². The van der Waals surface area contributed by atoms with Crippen LogP contribution in [0.5, 0.6) is 0 Å². The molecule has 0 spiro atoms. The summed E-state index contributed by atoms with van der Waals surface area (Å²) in [7, 11) is 1.61. The maximum Gasteiger partial charge on any atom is 0.338 e. The summed E-state index contributed by atoms with van der Waals surface area (Å²) in [5, 5.41) is 27.0. The molecule has 1 fully saturated rings. The van der Waals surface area contributed by atoms with E-state index in [1.807, 2.05) is 92.4 Å². The highest BCUT2D eigenvalue weighted by Gasteiger charge is 2.28. The van der Waals surface area contributed by atoms with E-state index in [2.05, 4.69) is 24.7 Å². The predicted octanol–water partition coefficient (Wildman–Crippen LogP) is 10.2. The van der Waals surface area contributed by atoms with Gasteiger partial charge in [0.2, 0.25) is 0 Å². The van der Waals surface area contributed by atoms with Crippen LogP contribution in [0, 0.1) is 17.0 Å². The Morgan fingerprint density at radius 3 is 2.14 bits per heavy atom. The highest BCUT2D eigenvalue weighted by Crippen LogP contribution is 2.42. The Morgan fingerprint density at radius 1 is 0.859 bits per heavy atom. The molecule has 2 heterocycles. The summed E-state index contributed by atoms with van der Waals surface area (Å²) < 4.78 is 31.7. The van der Waals surface area contributed by atoms with E-state index >= 15 is 0 Å². The summed E-state index contributed by atoms with van der Waals surface area (Å²) in [6.45, 7) is 5.14. The lowest BCUT2D eigenvalue weighted by Gasteiger charge is -2.37. The van der Waals surface area contributed by atoms with Crippen molar-refractivity contribution in [3.63, 3.8) is 0 Å². The van der Waals surface area contributed by atoms with Crippen molar-refractivity contribution in [1.82, 2.24) is 9.47 Å². The lowest BCUT2D eigenvalue weighted by molar-refractivity contribution is -0.384. The largest absolute Gasteiger partial charge is 0.478 e. The van der Waals surface area contributed by atoms with Crippen LogP contribution < -0.4 is 19.8 Å². The molecule has 0 saturated carbocycles. The number of hydrogen-bond acceptors (Lipinski definition) is 10. The smallest absolute Gasteiger partial charge is 0.338 e. The Bertz CT molecular complexity index is 2750. The molecule has 1 aliphatic rings. The summed E-state index contributed by atoms with van der Waals surface area (Å²) >= 11 is 14.6. The van der Waals surface area contributed by atoms with Crippen LogP contribution >= 0.6 is 35.0 Å². The van der Waals surface area contributed by atoms with Gasteiger partial charge in [0.1, 0.15) is 5.69 Å². The van der Waals surface area contributed by atoms with E-state index in [-0.39, 0.29) is 27.9 Å². The summed E-state index contributed by atoms with van der Waals surface area (Å²) in [5.41, 5.74) is 5.66. The molecule has 1 saturated heterocycles. The van der Waals surface area contributed by atoms with Crippen molar-refractivity contribution in [3.8, 4) is 22.4 Å². The SMILES string of the molecule is Cc1c(C(=O)O)c(-c2cc(Cl)cc(N3CCN(c4ccc(NS(=O)(=O)c5ccc(N[C@H](CCN(C)C)CSc6ccccc6)c([N+](=O)[O-])c5)cc4)CC3)c2)c(-c2ccc(Cl)cc2)n1C. The molecule has 17 heteroatoms. The molecule has 1 aromatic heterocycles. The number of hydrogen-bond donors (Lipinski definition) is 3. The molecule has 6 aromatic rings. The lowest BCUT2D eigenvalue weighted by Crippen LogP contribution is -2.46. The third-order valence-corrected chi connectivity index (χ3v) is 14.3. The number of carbonyl (C=O) groups is 1. The maximum absolute atomic E-state index is 13.6. The van der Waals surface area contributed by atoms with Crippen molar-refractivity contribution in [2.24, 2.45) is 7.05 Å².